The van der Waals surface area contributed by atoms with E-state index in [4.69, 9.17) is 15.9 Å². The van der Waals surface area contributed by atoms with E-state index < -0.39 is 6.04 Å². The molecule has 1 aliphatic rings. The molecule has 39 heavy (non-hydrogen) atoms. The summed E-state index contributed by atoms with van der Waals surface area (Å²) in [6, 6.07) is 20.3. The van der Waals surface area contributed by atoms with Crippen molar-refractivity contribution in [2.24, 2.45) is 5.73 Å². The number of hydrogen-bond donors (Lipinski definition) is 4. The van der Waals surface area contributed by atoms with Crippen molar-refractivity contribution < 1.29 is 19.1 Å². The SMILES string of the molecule is N=C(N)c1csc(CNC(=O)[C@@H]2C[C@@H](c3ccccc3)CN2C(=O)CNC(=O)CCCOc2ccccc2)c1. The Morgan fingerprint density at radius 2 is 1.77 bits per heavy atom. The quantitative estimate of drug-likeness (QED) is 0.157. The fourth-order valence-corrected chi connectivity index (χ4v) is 5.36. The van der Waals surface area contributed by atoms with Gasteiger partial charge in [0, 0.05) is 34.7 Å². The molecule has 2 aromatic carbocycles. The molecule has 2 atom stereocenters. The number of para-hydroxylation sites is 1. The number of amidine groups is 1. The standard InChI is InChI=1S/C29H33N5O4S/c30-28(31)22-14-24(39-19-22)16-33-29(37)25-15-21(20-8-3-1-4-9-20)18-34(25)27(36)17-32-26(35)12-7-13-38-23-10-5-2-6-11-23/h1-6,8-11,14,19,21,25H,7,12-13,15-18H2,(H3,30,31)(H,32,35)(H,33,37)/t21-,25+/m1/s1. The lowest BCUT2D eigenvalue weighted by Crippen LogP contribution is -2.48. The summed E-state index contributed by atoms with van der Waals surface area (Å²) >= 11 is 1.41. The van der Waals surface area contributed by atoms with Gasteiger partial charge < -0.3 is 26.0 Å². The number of nitrogens with one attached hydrogen (secondary N) is 3. The molecule has 0 saturated carbocycles. The summed E-state index contributed by atoms with van der Waals surface area (Å²) in [6.45, 7) is 0.912. The van der Waals surface area contributed by atoms with E-state index in [2.05, 4.69) is 10.6 Å². The van der Waals surface area contributed by atoms with Gasteiger partial charge in [-0.1, -0.05) is 48.5 Å². The molecule has 3 amide bonds. The molecule has 1 aromatic heterocycles. The van der Waals surface area contributed by atoms with Gasteiger partial charge in [-0.3, -0.25) is 19.8 Å². The number of likely N-dealkylation sites (tertiary alicyclic amines) is 1. The van der Waals surface area contributed by atoms with Crippen molar-refractivity contribution in [2.45, 2.75) is 37.8 Å². The molecule has 2 heterocycles. The predicted octanol–water partition coefficient (Wildman–Crippen LogP) is 3.01. The molecule has 4 rings (SSSR count). The second-order valence-electron chi connectivity index (χ2n) is 9.38. The minimum atomic E-state index is -0.647. The summed E-state index contributed by atoms with van der Waals surface area (Å²) in [5, 5.41) is 14.9. The molecule has 0 spiro atoms. The van der Waals surface area contributed by atoms with E-state index in [-0.39, 0.29) is 49.0 Å². The average molecular weight is 548 g/mol. The summed E-state index contributed by atoms with van der Waals surface area (Å²) in [5.41, 5.74) is 7.22. The molecule has 0 unspecified atom stereocenters. The molecule has 0 aliphatic carbocycles. The zero-order valence-electron chi connectivity index (χ0n) is 21.6. The lowest BCUT2D eigenvalue weighted by Gasteiger charge is -2.24. The number of benzene rings is 2. The first-order chi connectivity index (χ1) is 18.9. The van der Waals surface area contributed by atoms with Crippen LogP contribution in [-0.4, -0.2) is 54.2 Å². The van der Waals surface area contributed by atoms with Gasteiger partial charge in [0.15, 0.2) is 0 Å². The van der Waals surface area contributed by atoms with Crippen LogP contribution < -0.4 is 21.1 Å². The molecule has 1 aliphatic heterocycles. The molecule has 9 nitrogen and oxygen atoms in total. The maximum atomic E-state index is 13.2. The van der Waals surface area contributed by atoms with Gasteiger partial charge in [-0.25, -0.2) is 0 Å². The van der Waals surface area contributed by atoms with Gasteiger partial charge in [0.2, 0.25) is 17.7 Å². The van der Waals surface area contributed by atoms with Crippen LogP contribution in [0.25, 0.3) is 0 Å². The van der Waals surface area contributed by atoms with E-state index in [1.807, 2.05) is 60.7 Å². The van der Waals surface area contributed by atoms with Crippen molar-refractivity contribution in [3.05, 3.63) is 88.1 Å². The maximum Gasteiger partial charge on any atom is 0.243 e. The minimum absolute atomic E-state index is 0.0165. The third-order valence-corrected chi connectivity index (χ3v) is 7.53. The van der Waals surface area contributed by atoms with Gasteiger partial charge in [0.05, 0.1) is 19.7 Å². The van der Waals surface area contributed by atoms with Crippen molar-refractivity contribution in [2.75, 3.05) is 19.7 Å². The Labute approximate surface area is 231 Å². The fourth-order valence-electron chi connectivity index (χ4n) is 4.54. The van der Waals surface area contributed by atoms with E-state index in [0.29, 0.717) is 31.6 Å². The number of ether oxygens (including phenoxy) is 1. The van der Waals surface area contributed by atoms with Gasteiger partial charge in [0.25, 0.3) is 0 Å². The van der Waals surface area contributed by atoms with Crippen LogP contribution in [0, 0.1) is 5.41 Å². The monoisotopic (exact) mass is 547 g/mol. The molecule has 0 radical (unpaired) electrons. The zero-order valence-corrected chi connectivity index (χ0v) is 22.4. The highest BCUT2D eigenvalue weighted by Gasteiger charge is 2.39. The lowest BCUT2D eigenvalue weighted by atomic mass is 9.96. The van der Waals surface area contributed by atoms with Crippen LogP contribution in [0.15, 0.2) is 72.1 Å². The molecule has 0 bridgehead atoms. The van der Waals surface area contributed by atoms with Crippen molar-refractivity contribution in [3.8, 4) is 5.75 Å². The van der Waals surface area contributed by atoms with Crippen molar-refractivity contribution >= 4 is 34.9 Å². The third-order valence-electron chi connectivity index (χ3n) is 6.59. The van der Waals surface area contributed by atoms with E-state index in [0.717, 1.165) is 16.2 Å². The topological polar surface area (TPSA) is 138 Å². The van der Waals surface area contributed by atoms with Gasteiger partial charge >= 0.3 is 0 Å². The number of nitrogens with two attached hydrogens (primary N) is 1. The molecular weight excluding hydrogens is 514 g/mol. The normalized spacial score (nSPS) is 16.5. The molecule has 5 N–H and O–H groups in total. The van der Waals surface area contributed by atoms with Gasteiger partial charge in [-0.05, 0) is 36.6 Å². The highest BCUT2D eigenvalue weighted by atomic mass is 32.1. The predicted molar refractivity (Wildman–Crippen MR) is 151 cm³/mol. The summed E-state index contributed by atoms with van der Waals surface area (Å²) in [7, 11) is 0. The van der Waals surface area contributed by atoms with Gasteiger partial charge in [0.1, 0.15) is 17.6 Å². The second kappa shape index (κ2) is 13.6. The Kier molecular flexibility index (Phi) is 9.69. The summed E-state index contributed by atoms with van der Waals surface area (Å²) in [6.07, 6.45) is 1.25. The van der Waals surface area contributed by atoms with Crippen LogP contribution in [0.4, 0.5) is 0 Å². The van der Waals surface area contributed by atoms with Crippen LogP contribution in [0.5, 0.6) is 5.75 Å². The maximum absolute atomic E-state index is 13.2. The largest absolute Gasteiger partial charge is 0.494 e. The van der Waals surface area contributed by atoms with Crippen LogP contribution in [0.1, 0.15) is 41.2 Å². The zero-order chi connectivity index (χ0) is 27.6. The van der Waals surface area contributed by atoms with E-state index in [9.17, 15) is 14.4 Å². The fraction of sp³-hybridized carbons (Fsp3) is 0.310. The second-order valence-corrected chi connectivity index (χ2v) is 10.4. The van der Waals surface area contributed by atoms with Gasteiger partial charge in [-0.2, -0.15) is 0 Å². The minimum Gasteiger partial charge on any atom is -0.494 e. The molecular formula is C29H33N5O4S. The molecule has 1 saturated heterocycles. The molecule has 1 fully saturated rings. The summed E-state index contributed by atoms with van der Waals surface area (Å²) in [4.78, 5) is 41.2. The Bertz CT molecular complexity index is 1280. The number of nitrogens with zero attached hydrogens (tertiary/aromatic N) is 1. The Morgan fingerprint density at radius 1 is 1.05 bits per heavy atom. The van der Waals surface area contributed by atoms with Gasteiger partial charge in [-0.15, -0.1) is 11.3 Å². The number of amides is 3. The first-order valence-electron chi connectivity index (χ1n) is 12.9. The number of nitrogen functional groups attached to an aromatic ring is 1. The van der Waals surface area contributed by atoms with Crippen LogP contribution in [0.3, 0.4) is 0 Å². The number of thiophene rings is 1. The lowest BCUT2D eigenvalue weighted by molar-refractivity contribution is -0.138. The van der Waals surface area contributed by atoms with Crippen LogP contribution in [0.2, 0.25) is 0 Å². The van der Waals surface area contributed by atoms with Crippen molar-refractivity contribution in [3.63, 3.8) is 0 Å². The number of carbonyl (C=O) groups is 3. The highest BCUT2D eigenvalue weighted by molar-refractivity contribution is 7.10. The molecule has 10 heteroatoms. The van der Waals surface area contributed by atoms with E-state index >= 15 is 0 Å². The first kappa shape index (κ1) is 27.8. The number of hydrogen-bond acceptors (Lipinski definition) is 6. The summed E-state index contributed by atoms with van der Waals surface area (Å²) in [5.74, 6) is -0.0337. The van der Waals surface area contributed by atoms with Crippen molar-refractivity contribution in [1.82, 2.24) is 15.5 Å². The van der Waals surface area contributed by atoms with E-state index in [1.165, 1.54) is 11.3 Å². The Hall–Kier alpha value is -4.18. The average Bonchev–Trinajstić information content (AvgIpc) is 3.62. The van der Waals surface area contributed by atoms with Crippen LogP contribution >= 0.6 is 11.3 Å². The molecule has 204 valence electrons. The Morgan fingerprint density at radius 3 is 2.46 bits per heavy atom. The molecule has 3 aromatic rings. The Balaban J connectivity index is 1.30. The van der Waals surface area contributed by atoms with Crippen LogP contribution in [-0.2, 0) is 20.9 Å². The third kappa shape index (κ3) is 7.90. The van der Waals surface area contributed by atoms with Crippen molar-refractivity contribution in [1.29, 1.82) is 5.41 Å². The number of rotatable bonds is 12. The van der Waals surface area contributed by atoms with E-state index in [1.54, 1.807) is 16.3 Å². The highest BCUT2D eigenvalue weighted by Crippen LogP contribution is 2.32. The summed E-state index contributed by atoms with van der Waals surface area (Å²) < 4.78 is 5.61. The first-order valence-corrected chi connectivity index (χ1v) is 13.8. The smallest absolute Gasteiger partial charge is 0.243 e. The number of carbonyl (C=O) groups excluding carboxylic acids is 3.